The Balaban J connectivity index is 2.05. The first-order valence-electron chi connectivity index (χ1n) is 6.69. The van der Waals surface area contributed by atoms with Crippen LogP contribution in [0.3, 0.4) is 0 Å². The highest BCUT2D eigenvalue weighted by atomic mass is 35.5. The van der Waals surface area contributed by atoms with Crippen molar-refractivity contribution in [3.05, 3.63) is 46.9 Å². The van der Waals surface area contributed by atoms with E-state index in [1.165, 1.54) is 12.7 Å². The Labute approximate surface area is 130 Å². The Morgan fingerprint density at radius 1 is 1.10 bits per heavy atom. The van der Waals surface area contributed by atoms with E-state index in [1.54, 1.807) is 6.07 Å². The van der Waals surface area contributed by atoms with E-state index in [0.717, 1.165) is 5.75 Å². The molecule has 21 heavy (non-hydrogen) atoms. The molecule has 1 aromatic heterocycles. The molecule has 0 fully saturated rings. The van der Waals surface area contributed by atoms with Crippen molar-refractivity contribution in [2.24, 2.45) is 0 Å². The van der Waals surface area contributed by atoms with E-state index in [4.69, 9.17) is 21.1 Å². The number of nitrogens with zero attached hydrogens (tertiary/aromatic N) is 2. The molecule has 0 spiro atoms. The van der Waals surface area contributed by atoms with Gasteiger partial charge in [-0.2, -0.15) is 4.98 Å². The maximum absolute atomic E-state index is 5.89. The lowest BCUT2D eigenvalue weighted by molar-refractivity contribution is 0.292. The summed E-state index contributed by atoms with van der Waals surface area (Å²) in [6.45, 7) is 6.77. The highest BCUT2D eigenvalue weighted by Crippen LogP contribution is 2.24. The zero-order valence-corrected chi connectivity index (χ0v) is 13.4. The standard InChI is InChI=1S/C16H19ClN2O2/c1-16(2,3)11-5-7-12(8-6-11)21-10-14-18-13(17)9-15(19-14)20-4/h5-9H,10H2,1-4H3. The third-order valence-corrected chi connectivity index (χ3v) is 3.21. The summed E-state index contributed by atoms with van der Waals surface area (Å²) >= 11 is 5.89. The molecule has 2 rings (SSSR count). The zero-order valence-electron chi connectivity index (χ0n) is 12.7. The van der Waals surface area contributed by atoms with Crippen LogP contribution in [0.2, 0.25) is 5.15 Å². The van der Waals surface area contributed by atoms with Crippen LogP contribution in [0.4, 0.5) is 0 Å². The van der Waals surface area contributed by atoms with Crippen molar-refractivity contribution in [2.45, 2.75) is 32.8 Å². The lowest BCUT2D eigenvalue weighted by Crippen LogP contribution is -2.10. The van der Waals surface area contributed by atoms with Gasteiger partial charge >= 0.3 is 0 Å². The first kappa shape index (κ1) is 15.6. The molecule has 0 bridgehead atoms. The molecule has 0 amide bonds. The van der Waals surface area contributed by atoms with E-state index in [0.29, 0.717) is 16.9 Å². The molecule has 0 unspecified atom stereocenters. The Morgan fingerprint density at radius 2 is 1.76 bits per heavy atom. The van der Waals surface area contributed by atoms with Gasteiger partial charge in [0.2, 0.25) is 5.88 Å². The molecule has 1 aromatic carbocycles. The van der Waals surface area contributed by atoms with E-state index < -0.39 is 0 Å². The van der Waals surface area contributed by atoms with Gasteiger partial charge in [-0.05, 0) is 23.1 Å². The second-order valence-electron chi connectivity index (χ2n) is 5.71. The van der Waals surface area contributed by atoms with Crippen LogP contribution in [0.15, 0.2) is 30.3 Å². The smallest absolute Gasteiger partial charge is 0.217 e. The van der Waals surface area contributed by atoms with Crippen molar-refractivity contribution in [1.29, 1.82) is 0 Å². The monoisotopic (exact) mass is 306 g/mol. The Kier molecular flexibility index (Phi) is 4.68. The largest absolute Gasteiger partial charge is 0.486 e. The van der Waals surface area contributed by atoms with Crippen molar-refractivity contribution in [2.75, 3.05) is 7.11 Å². The summed E-state index contributed by atoms with van der Waals surface area (Å²) in [5.41, 5.74) is 1.39. The molecule has 0 aliphatic heterocycles. The number of benzene rings is 1. The molecule has 112 valence electrons. The maximum atomic E-state index is 5.89. The molecule has 0 aliphatic rings. The Hall–Kier alpha value is -1.81. The highest BCUT2D eigenvalue weighted by Gasteiger charge is 2.13. The fourth-order valence-electron chi connectivity index (χ4n) is 1.81. The average molecular weight is 307 g/mol. The van der Waals surface area contributed by atoms with Crippen molar-refractivity contribution in [3.63, 3.8) is 0 Å². The van der Waals surface area contributed by atoms with Crippen LogP contribution in [0.25, 0.3) is 0 Å². The summed E-state index contributed by atoms with van der Waals surface area (Å²) < 4.78 is 10.7. The molecule has 0 atom stereocenters. The second-order valence-corrected chi connectivity index (χ2v) is 6.10. The van der Waals surface area contributed by atoms with Gasteiger partial charge in [0.15, 0.2) is 5.82 Å². The molecular formula is C16H19ClN2O2. The van der Waals surface area contributed by atoms with Gasteiger partial charge in [0.05, 0.1) is 7.11 Å². The van der Waals surface area contributed by atoms with Gasteiger partial charge in [0, 0.05) is 6.07 Å². The van der Waals surface area contributed by atoms with Gasteiger partial charge in [-0.1, -0.05) is 44.5 Å². The average Bonchev–Trinajstić information content (AvgIpc) is 2.44. The number of hydrogen-bond donors (Lipinski definition) is 0. The number of ether oxygens (including phenoxy) is 2. The number of aromatic nitrogens is 2. The van der Waals surface area contributed by atoms with Crippen molar-refractivity contribution in [1.82, 2.24) is 9.97 Å². The summed E-state index contributed by atoms with van der Waals surface area (Å²) in [5.74, 6) is 1.68. The zero-order chi connectivity index (χ0) is 15.5. The van der Waals surface area contributed by atoms with Crippen molar-refractivity contribution in [3.8, 4) is 11.6 Å². The molecule has 0 saturated carbocycles. The van der Waals surface area contributed by atoms with Crippen LogP contribution in [-0.2, 0) is 12.0 Å². The predicted octanol–water partition coefficient (Wildman–Crippen LogP) is 4.02. The summed E-state index contributed by atoms with van der Waals surface area (Å²) in [6.07, 6.45) is 0. The molecular weight excluding hydrogens is 288 g/mol. The van der Waals surface area contributed by atoms with E-state index in [1.807, 2.05) is 12.1 Å². The normalized spacial score (nSPS) is 11.3. The highest BCUT2D eigenvalue weighted by molar-refractivity contribution is 6.29. The van der Waals surface area contributed by atoms with Crippen LogP contribution >= 0.6 is 11.6 Å². The van der Waals surface area contributed by atoms with Gasteiger partial charge in [-0.15, -0.1) is 0 Å². The van der Waals surface area contributed by atoms with E-state index in [-0.39, 0.29) is 12.0 Å². The van der Waals surface area contributed by atoms with Gasteiger partial charge < -0.3 is 9.47 Å². The molecule has 0 N–H and O–H groups in total. The van der Waals surface area contributed by atoms with Crippen molar-refractivity contribution < 1.29 is 9.47 Å². The van der Waals surface area contributed by atoms with E-state index in [2.05, 4.69) is 42.9 Å². The lowest BCUT2D eigenvalue weighted by atomic mass is 9.87. The number of rotatable bonds is 4. The van der Waals surface area contributed by atoms with Gasteiger partial charge in [-0.3, -0.25) is 0 Å². The molecule has 1 heterocycles. The maximum Gasteiger partial charge on any atom is 0.217 e. The molecule has 2 aromatic rings. The molecule has 0 radical (unpaired) electrons. The third-order valence-electron chi connectivity index (χ3n) is 3.02. The van der Waals surface area contributed by atoms with Crippen LogP contribution in [0.1, 0.15) is 32.2 Å². The minimum atomic E-state index is 0.127. The number of methoxy groups -OCH3 is 1. The summed E-state index contributed by atoms with van der Waals surface area (Å²) in [6, 6.07) is 9.58. The van der Waals surface area contributed by atoms with E-state index in [9.17, 15) is 0 Å². The SMILES string of the molecule is COc1cc(Cl)nc(COc2ccc(C(C)(C)C)cc2)n1. The second kappa shape index (κ2) is 6.31. The predicted molar refractivity (Wildman–Crippen MR) is 83.1 cm³/mol. The molecule has 4 nitrogen and oxygen atoms in total. The molecule has 0 aliphatic carbocycles. The number of hydrogen-bond acceptors (Lipinski definition) is 4. The summed E-state index contributed by atoms with van der Waals surface area (Å²) in [5, 5.41) is 0.337. The first-order valence-corrected chi connectivity index (χ1v) is 7.07. The summed E-state index contributed by atoms with van der Waals surface area (Å²) in [7, 11) is 1.54. The first-order chi connectivity index (χ1) is 9.88. The van der Waals surface area contributed by atoms with Crippen molar-refractivity contribution >= 4 is 11.6 Å². The third kappa shape index (κ3) is 4.33. The van der Waals surface area contributed by atoms with Gasteiger partial charge in [0.25, 0.3) is 0 Å². The fourth-order valence-corrected chi connectivity index (χ4v) is 2.00. The molecule has 0 saturated heterocycles. The van der Waals surface area contributed by atoms with Gasteiger partial charge in [0.1, 0.15) is 17.5 Å². The van der Waals surface area contributed by atoms with Crippen LogP contribution in [-0.4, -0.2) is 17.1 Å². The van der Waals surface area contributed by atoms with Crippen LogP contribution in [0, 0.1) is 0 Å². The molecule has 5 heteroatoms. The fraction of sp³-hybridized carbons (Fsp3) is 0.375. The topological polar surface area (TPSA) is 44.2 Å². The Morgan fingerprint density at radius 3 is 2.33 bits per heavy atom. The van der Waals surface area contributed by atoms with Crippen LogP contribution in [0.5, 0.6) is 11.6 Å². The van der Waals surface area contributed by atoms with Gasteiger partial charge in [-0.25, -0.2) is 4.98 Å². The lowest BCUT2D eigenvalue weighted by Gasteiger charge is -2.19. The van der Waals surface area contributed by atoms with E-state index >= 15 is 0 Å². The van der Waals surface area contributed by atoms with Crippen LogP contribution < -0.4 is 9.47 Å². The number of halogens is 1. The summed E-state index contributed by atoms with van der Waals surface area (Å²) in [4.78, 5) is 8.28. The Bertz CT molecular complexity index is 607. The minimum absolute atomic E-state index is 0.127. The quantitative estimate of drug-likeness (QED) is 0.800. The minimum Gasteiger partial charge on any atom is -0.486 e.